The number of hydrogen-bond donors (Lipinski definition) is 1. The van der Waals surface area contributed by atoms with Crippen molar-refractivity contribution in [1.82, 2.24) is 5.32 Å². The van der Waals surface area contributed by atoms with Gasteiger partial charge in [0.25, 0.3) is 0 Å². The van der Waals surface area contributed by atoms with Crippen LogP contribution in [0, 0.1) is 11.3 Å². The predicted octanol–water partition coefficient (Wildman–Crippen LogP) is 2.62. The molecule has 0 saturated heterocycles. The van der Waals surface area contributed by atoms with Gasteiger partial charge in [-0.1, -0.05) is 23.7 Å². The van der Waals surface area contributed by atoms with E-state index in [0.29, 0.717) is 11.1 Å². The van der Waals surface area contributed by atoms with Crippen LogP contribution in [0.25, 0.3) is 0 Å². The molecular formula is C13H13ClN2O. The number of rotatable bonds is 4. The van der Waals surface area contributed by atoms with Gasteiger partial charge in [-0.3, -0.25) is 4.79 Å². The summed E-state index contributed by atoms with van der Waals surface area (Å²) in [5.41, 5.74) is 0.836. The van der Waals surface area contributed by atoms with E-state index in [0.717, 1.165) is 18.4 Å². The van der Waals surface area contributed by atoms with Crippen molar-refractivity contribution in [1.29, 1.82) is 5.26 Å². The molecule has 0 bridgehead atoms. The smallest absolute Gasteiger partial charge is 0.221 e. The van der Waals surface area contributed by atoms with Crippen LogP contribution >= 0.6 is 11.6 Å². The normalized spacial score (nSPS) is 16.0. The molecule has 1 N–H and O–H groups in total. The fourth-order valence-corrected chi connectivity index (χ4v) is 1.76. The van der Waals surface area contributed by atoms with Gasteiger partial charge in [-0.25, -0.2) is 0 Å². The average molecular weight is 249 g/mol. The van der Waals surface area contributed by atoms with Gasteiger partial charge >= 0.3 is 0 Å². The van der Waals surface area contributed by atoms with E-state index in [2.05, 4.69) is 11.4 Å². The summed E-state index contributed by atoms with van der Waals surface area (Å²) in [6.45, 7) is 0. The van der Waals surface area contributed by atoms with Crippen LogP contribution in [0.15, 0.2) is 24.3 Å². The van der Waals surface area contributed by atoms with E-state index in [1.807, 2.05) is 0 Å². The molecule has 0 heterocycles. The van der Waals surface area contributed by atoms with E-state index in [9.17, 15) is 4.79 Å². The minimum atomic E-state index is -0.397. The summed E-state index contributed by atoms with van der Waals surface area (Å²) in [6.07, 6.45) is 2.34. The number of amides is 1. The van der Waals surface area contributed by atoms with Crippen molar-refractivity contribution in [2.45, 2.75) is 31.2 Å². The molecule has 3 nitrogen and oxygen atoms in total. The maximum atomic E-state index is 11.6. The molecule has 17 heavy (non-hydrogen) atoms. The Morgan fingerprint density at radius 1 is 1.47 bits per heavy atom. The highest BCUT2D eigenvalue weighted by molar-refractivity contribution is 6.30. The third-order valence-corrected chi connectivity index (χ3v) is 3.01. The van der Waals surface area contributed by atoms with Crippen LogP contribution in [0.3, 0.4) is 0 Å². The van der Waals surface area contributed by atoms with Crippen molar-refractivity contribution >= 4 is 17.5 Å². The Hall–Kier alpha value is -1.53. The zero-order valence-corrected chi connectivity index (χ0v) is 10.1. The van der Waals surface area contributed by atoms with Crippen molar-refractivity contribution in [3.63, 3.8) is 0 Å². The number of nitrogens with one attached hydrogen (secondary N) is 1. The predicted molar refractivity (Wildman–Crippen MR) is 65.6 cm³/mol. The van der Waals surface area contributed by atoms with Gasteiger partial charge in [0, 0.05) is 17.5 Å². The number of halogens is 1. The number of benzene rings is 1. The molecule has 4 heteroatoms. The van der Waals surface area contributed by atoms with Gasteiger partial charge in [0.1, 0.15) is 0 Å². The third-order valence-electron chi connectivity index (χ3n) is 2.76. The van der Waals surface area contributed by atoms with Crippen LogP contribution in [0.1, 0.15) is 30.7 Å². The zero-order chi connectivity index (χ0) is 12.3. The summed E-state index contributed by atoms with van der Waals surface area (Å²) in [6, 6.07) is 9.56. The summed E-state index contributed by atoms with van der Waals surface area (Å²) >= 11 is 5.78. The van der Waals surface area contributed by atoms with Crippen molar-refractivity contribution in [2.75, 3.05) is 0 Å². The molecule has 1 atom stereocenters. The molecule has 2 rings (SSSR count). The minimum Gasteiger partial charge on any atom is -0.353 e. The summed E-state index contributed by atoms with van der Waals surface area (Å²) in [4.78, 5) is 11.6. The lowest BCUT2D eigenvalue weighted by atomic mass is 9.97. The van der Waals surface area contributed by atoms with Gasteiger partial charge in [-0.2, -0.15) is 5.26 Å². The fourth-order valence-electron chi connectivity index (χ4n) is 1.63. The Kier molecular flexibility index (Phi) is 3.65. The molecule has 1 aromatic rings. The van der Waals surface area contributed by atoms with Crippen LogP contribution in [0.4, 0.5) is 0 Å². The maximum absolute atomic E-state index is 11.6. The first-order valence-electron chi connectivity index (χ1n) is 5.63. The van der Waals surface area contributed by atoms with Gasteiger partial charge in [0.05, 0.1) is 12.0 Å². The highest BCUT2D eigenvalue weighted by Gasteiger charge is 2.24. The third kappa shape index (κ3) is 3.47. The number of carbonyl (C=O) groups is 1. The lowest BCUT2D eigenvalue weighted by molar-refractivity contribution is -0.121. The van der Waals surface area contributed by atoms with E-state index in [-0.39, 0.29) is 12.3 Å². The van der Waals surface area contributed by atoms with Gasteiger partial charge in [-0.15, -0.1) is 0 Å². The Morgan fingerprint density at radius 3 is 2.65 bits per heavy atom. The first kappa shape index (κ1) is 11.9. The molecule has 1 aliphatic carbocycles. The summed E-state index contributed by atoms with van der Waals surface area (Å²) in [5.74, 6) is -0.444. The van der Waals surface area contributed by atoms with Gasteiger partial charge in [0.2, 0.25) is 5.91 Å². The summed E-state index contributed by atoms with van der Waals surface area (Å²) in [7, 11) is 0. The van der Waals surface area contributed by atoms with Crippen molar-refractivity contribution in [3.8, 4) is 6.07 Å². The number of nitriles is 1. The van der Waals surface area contributed by atoms with E-state index in [1.54, 1.807) is 24.3 Å². The summed E-state index contributed by atoms with van der Waals surface area (Å²) < 4.78 is 0. The molecule has 1 aliphatic rings. The standard InChI is InChI=1S/C13H13ClN2O/c14-11-3-1-9(2-4-11)10(8-15)7-13(17)16-12-5-6-12/h1-4,10,12H,5-7H2,(H,16,17). The Labute approximate surface area is 105 Å². The quantitative estimate of drug-likeness (QED) is 0.891. The van der Waals surface area contributed by atoms with Crippen LogP contribution < -0.4 is 5.32 Å². The maximum Gasteiger partial charge on any atom is 0.221 e. The minimum absolute atomic E-state index is 0.0472. The largest absolute Gasteiger partial charge is 0.353 e. The van der Waals surface area contributed by atoms with Crippen LogP contribution in [-0.4, -0.2) is 11.9 Å². The molecule has 1 fully saturated rings. The van der Waals surface area contributed by atoms with Crippen LogP contribution in [0.5, 0.6) is 0 Å². The zero-order valence-electron chi connectivity index (χ0n) is 9.32. The average Bonchev–Trinajstić information content (AvgIpc) is 3.11. The first-order chi connectivity index (χ1) is 8.19. The molecule has 1 aromatic carbocycles. The molecule has 1 unspecified atom stereocenters. The van der Waals surface area contributed by atoms with Crippen LogP contribution in [-0.2, 0) is 4.79 Å². The van der Waals surface area contributed by atoms with E-state index in [4.69, 9.17) is 16.9 Å². The van der Waals surface area contributed by atoms with Crippen LogP contribution in [0.2, 0.25) is 5.02 Å². The molecule has 0 radical (unpaired) electrons. The van der Waals surface area contributed by atoms with Gasteiger partial charge < -0.3 is 5.32 Å². The second-order valence-corrected chi connectivity index (χ2v) is 4.72. The van der Waals surface area contributed by atoms with Gasteiger partial charge in [0.15, 0.2) is 0 Å². The number of hydrogen-bond acceptors (Lipinski definition) is 2. The topological polar surface area (TPSA) is 52.9 Å². The molecule has 0 aromatic heterocycles. The molecule has 1 saturated carbocycles. The Bertz CT molecular complexity index is 445. The highest BCUT2D eigenvalue weighted by atomic mass is 35.5. The van der Waals surface area contributed by atoms with Crippen molar-refractivity contribution < 1.29 is 4.79 Å². The number of carbonyl (C=O) groups excluding carboxylic acids is 1. The molecule has 88 valence electrons. The SMILES string of the molecule is N#CC(CC(=O)NC1CC1)c1ccc(Cl)cc1. The van der Waals surface area contributed by atoms with E-state index >= 15 is 0 Å². The Balaban J connectivity index is 1.98. The van der Waals surface area contributed by atoms with E-state index < -0.39 is 5.92 Å². The highest BCUT2D eigenvalue weighted by Crippen LogP contribution is 2.23. The second kappa shape index (κ2) is 5.20. The monoisotopic (exact) mass is 248 g/mol. The lowest BCUT2D eigenvalue weighted by Crippen LogP contribution is -2.26. The lowest BCUT2D eigenvalue weighted by Gasteiger charge is -2.09. The number of nitrogens with zero attached hydrogens (tertiary/aromatic N) is 1. The fraction of sp³-hybridized carbons (Fsp3) is 0.385. The van der Waals surface area contributed by atoms with Gasteiger partial charge in [-0.05, 0) is 30.5 Å². The van der Waals surface area contributed by atoms with Crippen molar-refractivity contribution in [3.05, 3.63) is 34.9 Å². The van der Waals surface area contributed by atoms with E-state index in [1.165, 1.54) is 0 Å². The second-order valence-electron chi connectivity index (χ2n) is 4.28. The molecule has 1 amide bonds. The van der Waals surface area contributed by atoms with Crippen molar-refractivity contribution in [2.24, 2.45) is 0 Å². The summed E-state index contributed by atoms with van der Waals surface area (Å²) in [5, 5.41) is 12.6. The Morgan fingerprint density at radius 2 is 2.12 bits per heavy atom. The molecule has 0 aliphatic heterocycles. The molecular weight excluding hydrogens is 236 g/mol. The first-order valence-corrected chi connectivity index (χ1v) is 6.01. The molecule has 0 spiro atoms.